The number of nitrogens with one attached hydrogen (secondary N) is 1. The summed E-state index contributed by atoms with van der Waals surface area (Å²) >= 11 is 0. The second-order valence-corrected chi connectivity index (χ2v) is 5.51. The van der Waals surface area contributed by atoms with E-state index in [0.717, 1.165) is 38.9 Å². The highest BCUT2D eigenvalue weighted by atomic mass is 16.6. The van der Waals surface area contributed by atoms with Crippen molar-refractivity contribution >= 4 is 6.09 Å². The first-order valence-electron chi connectivity index (χ1n) is 7.37. The van der Waals surface area contributed by atoms with Crippen LogP contribution in [-0.2, 0) is 4.74 Å². The van der Waals surface area contributed by atoms with E-state index >= 15 is 0 Å². The molecule has 1 atom stereocenters. The van der Waals surface area contributed by atoms with Crippen LogP contribution in [0, 0.1) is 5.92 Å². The van der Waals surface area contributed by atoms with Crippen molar-refractivity contribution in [3.05, 3.63) is 0 Å². The molecule has 112 valence electrons. The number of ether oxygens (including phenoxy) is 1. The summed E-state index contributed by atoms with van der Waals surface area (Å²) in [6, 6.07) is 0.449. The number of hydrogen-bond acceptors (Lipinski definition) is 4. The third kappa shape index (κ3) is 5.78. The predicted molar refractivity (Wildman–Crippen MR) is 75.1 cm³/mol. The monoisotopic (exact) mass is 272 g/mol. The van der Waals surface area contributed by atoms with Crippen molar-refractivity contribution in [2.45, 2.75) is 52.2 Å². The number of nitrogens with zero attached hydrogens (tertiary/aromatic N) is 1. The summed E-state index contributed by atoms with van der Waals surface area (Å²) < 4.78 is 4.99. The van der Waals surface area contributed by atoms with Gasteiger partial charge in [-0.1, -0.05) is 13.8 Å². The predicted octanol–water partition coefficient (Wildman–Crippen LogP) is 1.60. The van der Waals surface area contributed by atoms with Gasteiger partial charge in [-0.05, 0) is 38.6 Å². The molecule has 0 aromatic heterocycles. The average molecular weight is 272 g/mol. The third-order valence-electron chi connectivity index (χ3n) is 3.66. The third-order valence-corrected chi connectivity index (χ3v) is 3.66. The van der Waals surface area contributed by atoms with Gasteiger partial charge in [0.1, 0.15) is 0 Å². The minimum atomic E-state index is -0.230. The first-order valence-corrected chi connectivity index (χ1v) is 7.37. The molecule has 0 aliphatic carbocycles. The molecule has 0 aromatic rings. The van der Waals surface area contributed by atoms with Gasteiger partial charge < -0.3 is 20.1 Å². The van der Waals surface area contributed by atoms with Crippen LogP contribution in [0.1, 0.15) is 40.0 Å². The zero-order valence-corrected chi connectivity index (χ0v) is 12.4. The molecular formula is C14H28N2O3. The van der Waals surface area contributed by atoms with Gasteiger partial charge in [-0.25, -0.2) is 4.79 Å². The maximum Gasteiger partial charge on any atom is 0.409 e. The summed E-state index contributed by atoms with van der Waals surface area (Å²) in [5, 5.41) is 13.2. The molecule has 1 fully saturated rings. The van der Waals surface area contributed by atoms with Gasteiger partial charge in [0.2, 0.25) is 0 Å². The first kappa shape index (κ1) is 16.2. The highest BCUT2D eigenvalue weighted by Crippen LogP contribution is 2.12. The zero-order chi connectivity index (χ0) is 14.3. The van der Waals surface area contributed by atoms with Crippen LogP contribution in [0.15, 0.2) is 0 Å². The van der Waals surface area contributed by atoms with Gasteiger partial charge in [-0.3, -0.25) is 0 Å². The summed E-state index contributed by atoms with van der Waals surface area (Å²) in [5.74, 6) is 0.312. The molecule has 1 amide bonds. The summed E-state index contributed by atoms with van der Waals surface area (Å²) in [4.78, 5) is 13.3. The maximum absolute atomic E-state index is 11.5. The van der Waals surface area contributed by atoms with Gasteiger partial charge in [-0.2, -0.15) is 0 Å². The quantitative estimate of drug-likeness (QED) is 0.771. The number of rotatable bonds is 6. The van der Waals surface area contributed by atoms with E-state index in [4.69, 9.17) is 4.74 Å². The smallest absolute Gasteiger partial charge is 0.409 e. The Kier molecular flexibility index (Phi) is 7.16. The Hall–Kier alpha value is -0.810. The fourth-order valence-electron chi connectivity index (χ4n) is 2.25. The molecule has 0 aromatic carbocycles. The van der Waals surface area contributed by atoms with E-state index in [1.807, 2.05) is 20.8 Å². The van der Waals surface area contributed by atoms with Gasteiger partial charge >= 0.3 is 6.09 Å². The molecule has 1 heterocycles. The Morgan fingerprint density at radius 1 is 1.42 bits per heavy atom. The molecule has 0 radical (unpaired) electrons. The maximum atomic E-state index is 11.5. The van der Waals surface area contributed by atoms with E-state index in [2.05, 4.69) is 5.32 Å². The Morgan fingerprint density at radius 2 is 2.05 bits per heavy atom. The van der Waals surface area contributed by atoms with Crippen LogP contribution >= 0.6 is 0 Å². The van der Waals surface area contributed by atoms with E-state index in [9.17, 15) is 9.90 Å². The normalized spacial score (nSPS) is 18.7. The SMILES string of the molecule is CCOC(=O)N1CCC(NCCC(O)C(C)C)CC1. The van der Waals surface area contributed by atoms with Crippen molar-refractivity contribution in [2.75, 3.05) is 26.2 Å². The second kappa shape index (κ2) is 8.38. The van der Waals surface area contributed by atoms with Crippen molar-refractivity contribution in [1.82, 2.24) is 10.2 Å². The summed E-state index contributed by atoms with van der Waals surface area (Å²) in [6.07, 6.45) is 2.27. The van der Waals surface area contributed by atoms with Crippen LogP contribution in [0.2, 0.25) is 0 Å². The molecule has 0 bridgehead atoms. The molecule has 1 saturated heterocycles. The summed E-state index contributed by atoms with van der Waals surface area (Å²) in [7, 11) is 0. The highest BCUT2D eigenvalue weighted by Gasteiger charge is 2.23. The van der Waals surface area contributed by atoms with Crippen LogP contribution in [0.3, 0.4) is 0 Å². The number of aliphatic hydroxyl groups excluding tert-OH is 1. The number of likely N-dealkylation sites (tertiary alicyclic amines) is 1. The zero-order valence-electron chi connectivity index (χ0n) is 12.4. The molecule has 1 aliphatic rings. The number of piperidine rings is 1. The Morgan fingerprint density at radius 3 is 2.58 bits per heavy atom. The molecule has 1 aliphatic heterocycles. The van der Waals surface area contributed by atoms with Crippen molar-refractivity contribution < 1.29 is 14.6 Å². The van der Waals surface area contributed by atoms with Crippen LogP contribution < -0.4 is 5.32 Å². The fraction of sp³-hybridized carbons (Fsp3) is 0.929. The van der Waals surface area contributed by atoms with Crippen molar-refractivity contribution in [3.63, 3.8) is 0 Å². The van der Waals surface area contributed by atoms with E-state index < -0.39 is 0 Å². The Balaban J connectivity index is 2.15. The highest BCUT2D eigenvalue weighted by molar-refractivity contribution is 5.67. The van der Waals surface area contributed by atoms with Crippen LogP contribution in [0.25, 0.3) is 0 Å². The van der Waals surface area contributed by atoms with Gasteiger partial charge in [0.25, 0.3) is 0 Å². The van der Waals surface area contributed by atoms with Crippen molar-refractivity contribution in [2.24, 2.45) is 5.92 Å². The number of carbonyl (C=O) groups excluding carboxylic acids is 1. The molecule has 5 heteroatoms. The molecule has 0 saturated carbocycles. The number of hydrogen-bond donors (Lipinski definition) is 2. The average Bonchev–Trinajstić information content (AvgIpc) is 2.39. The van der Waals surface area contributed by atoms with Gasteiger partial charge in [-0.15, -0.1) is 0 Å². The lowest BCUT2D eigenvalue weighted by Gasteiger charge is -2.32. The lowest BCUT2D eigenvalue weighted by atomic mass is 10.0. The summed E-state index contributed by atoms with van der Waals surface area (Å²) in [5.41, 5.74) is 0. The van der Waals surface area contributed by atoms with Crippen LogP contribution in [0.4, 0.5) is 4.79 Å². The molecule has 1 rings (SSSR count). The Bertz CT molecular complexity index is 263. The minimum Gasteiger partial charge on any atom is -0.450 e. The molecule has 19 heavy (non-hydrogen) atoms. The second-order valence-electron chi connectivity index (χ2n) is 5.51. The van der Waals surface area contributed by atoms with E-state index in [0.29, 0.717) is 18.6 Å². The minimum absolute atomic E-state index is 0.198. The van der Waals surface area contributed by atoms with Crippen molar-refractivity contribution in [3.8, 4) is 0 Å². The van der Waals surface area contributed by atoms with Gasteiger partial charge in [0.05, 0.1) is 12.7 Å². The topological polar surface area (TPSA) is 61.8 Å². The lowest BCUT2D eigenvalue weighted by molar-refractivity contribution is 0.0931. The van der Waals surface area contributed by atoms with Crippen LogP contribution in [-0.4, -0.2) is 54.5 Å². The Labute approximate surface area is 116 Å². The van der Waals surface area contributed by atoms with Gasteiger partial charge in [0.15, 0.2) is 0 Å². The van der Waals surface area contributed by atoms with Crippen LogP contribution in [0.5, 0.6) is 0 Å². The molecule has 2 N–H and O–H groups in total. The number of carbonyl (C=O) groups is 1. The van der Waals surface area contributed by atoms with E-state index in [1.54, 1.807) is 4.90 Å². The van der Waals surface area contributed by atoms with E-state index in [1.165, 1.54) is 0 Å². The van der Waals surface area contributed by atoms with Gasteiger partial charge in [0, 0.05) is 19.1 Å². The first-order chi connectivity index (χ1) is 9.04. The van der Waals surface area contributed by atoms with Crippen molar-refractivity contribution in [1.29, 1.82) is 0 Å². The lowest BCUT2D eigenvalue weighted by Crippen LogP contribution is -2.45. The fourth-order valence-corrected chi connectivity index (χ4v) is 2.25. The molecule has 5 nitrogen and oxygen atoms in total. The largest absolute Gasteiger partial charge is 0.450 e. The number of aliphatic hydroxyl groups is 1. The number of amides is 1. The standard InChI is InChI=1S/C14H28N2O3/c1-4-19-14(18)16-9-6-12(7-10-16)15-8-5-13(17)11(2)3/h11-13,15,17H,4-10H2,1-3H3. The molecular weight excluding hydrogens is 244 g/mol. The molecule has 1 unspecified atom stereocenters. The molecule has 0 spiro atoms. The van der Waals surface area contributed by atoms with E-state index in [-0.39, 0.29) is 12.2 Å². The summed E-state index contributed by atoms with van der Waals surface area (Å²) in [6.45, 7) is 8.66.